The van der Waals surface area contributed by atoms with Crippen LogP contribution >= 0.6 is 11.6 Å². The molecule has 14 nitrogen and oxygen atoms in total. The minimum absolute atomic E-state index is 0.198. The number of anilines is 1. The Hall–Kier alpha value is -4.62. The number of amides is 1. The zero-order valence-electron chi connectivity index (χ0n) is 22.0. The van der Waals surface area contributed by atoms with E-state index >= 15 is 0 Å². The largest absolute Gasteiger partial charge is 0.496 e. The second-order valence-electron chi connectivity index (χ2n) is 9.03. The Labute approximate surface area is 238 Å². The highest BCUT2D eigenvalue weighted by Crippen LogP contribution is 2.35. The highest BCUT2D eigenvalue weighted by molar-refractivity contribution is 6.30. The second kappa shape index (κ2) is 12.3. The van der Waals surface area contributed by atoms with Gasteiger partial charge in [-0.2, -0.15) is 0 Å². The van der Waals surface area contributed by atoms with Crippen LogP contribution < -0.4 is 20.1 Å². The first-order valence-electron chi connectivity index (χ1n) is 12.5. The monoisotopic (exact) mass is 579 g/mol. The standard InChI is InChI=1S/C26H26ClN9O5/c1-29-26(38)21-18(35-36-28)20(37)22(41-21)25-33-19-23(31-12-32-24(19)34-25)30-10-14-9-15(27)7-8-17(14)40-11-13-5-3-4-6-16(13)39-2/h3-9,12,18,20-22,37H,10-11H2,1-2H3,(H,29,38)(H2,30,31,32,33,34)/t18-,20+,21-,22-/m0/s1. The summed E-state index contributed by atoms with van der Waals surface area (Å²) >= 11 is 6.29. The molecule has 41 heavy (non-hydrogen) atoms. The van der Waals surface area contributed by atoms with Crippen molar-refractivity contribution >= 4 is 34.5 Å². The summed E-state index contributed by atoms with van der Waals surface area (Å²) in [6.07, 6.45) is -2.25. The number of imidazole rings is 1. The maximum atomic E-state index is 12.3. The Morgan fingerprint density at radius 3 is 2.85 bits per heavy atom. The number of nitrogens with zero attached hydrogens (tertiary/aromatic N) is 6. The molecule has 4 aromatic rings. The zero-order valence-corrected chi connectivity index (χ0v) is 22.7. The summed E-state index contributed by atoms with van der Waals surface area (Å²) in [4.78, 5) is 31.0. The fourth-order valence-electron chi connectivity index (χ4n) is 4.55. The first-order valence-corrected chi connectivity index (χ1v) is 12.9. The lowest BCUT2D eigenvalue weighted by Crippen LogP contribution is -2.40. The highest BCUT2D eigenvalue weighted by atomic mass is 35.5. The molecular weight excluding hydrogens is 554 g/mol. The molecule has 0 bridgehead atoms. The Kier molecular flexibility index (Phi) is 8.36. The number of hydrogen-bond donors (Lipinski definition) is 4. The van der Waals surface area contributed by atoms with Crippen molar-refractivity contribution in [2.45, 2.75) is 37.5 Å². The number of rotatable bonds is 10. The third-order valence-electron chi connectivity index (χ3n) is 6.57. The highest BCUT2D eigenvalue weighted by Gasteiger charge is 2.48. The summed E-state index contributed by atoms with van der Waals surface area (Å²) < 4.78 is 17.3. The number of H-pyrrole nitrogens is 1. The van der Waals surface area contributed by atoms with E-state index in [2.05, 4.69) is 40.6 Å². The van der Waals surface area contributed by atoms with E-state index in [0.29, 0.717) is 34.3 Å². The van der Waals surface area contributed by atoms with Crippen LogP contribution in [0.4, 0.5) is 5.82 Å². The molecule has 3 heterocycles. The molecular formula is C26H26ClN9O5. The number of aromatic amines is 1. The minimum atomic E-state index is -1.33. The average Bonchev–Trinajstić information content (AvgIpc) is 3.57. The number of nitrogens with one attached hydrogen (secondary N) is 3. The number of carbonyl (C=O) groups excluding carboxylic acids is 1. The first kappa shape index (κ1) is 27.9. The van der Waals surface area contributed by atoms with Crippen molar-refractivity contribution in [3.8, 4) is 11.5 Å². The van der Waals surface area contributed by atoms with Gasteiger partial charge in [0.25, 0.3) is 0 Å². The van der Waals surface area contributed by atoms with E-state index in [0.717, 1.165) is 16.9 Å². The van der Waals surface area contributed by atoms with E-state index in [1.54, 1.807) is 25.3 Å². The number of carbonyl (C=O) groups is 1. The molecule has 0 spiro atoms. The molecule has 1 saturated heterocycles. The van der Waals surface area contributed by atoms with Gasteiger partial charge in [-0.1, -0.05) is 34.9 Å². The van der Waals surface area contributed by atoms with Gasteiger partial charge in [-0.15, -0.1) is 0 Å². The van der Waals surface area contributed by atoms with Crippen LogP contribution in [0, 0.1) is 0 Å². The molecule has 1 aliphatic heterocycles. The molecule has 0 saturated carbocycles. The number of likely N-dealkylation sites (N-methyl/N-ethyl adjacent to an activating group) is 1. The number of benzene rings is 2. The summed E-state index contributed by atoms with van der Waals surface area (Å²) in [7, 11) is 3.03. The van der Waals surface area contributed by atoms with Crippen LogP contribution in [0.1, 0.15) is 23.1 Å². The lowest BCUT2D eigenvalue weighted by Gasteiger charge is -2.14. The van der Waals surface area contributed by atoms with Crippen molar-refractivity contribution in [2.75, 3.05) is 19.5 Å². The number of hydrogen-bond acceptors (Lipinski definition) is 10. The van der Waals surface area contributed by atoms with Crippen molar-refractivity contribution < 1.29 is 24.1 Å². The minimum Gasteiger partial charge on any atom is -0.496 e. The third kappa shape index (κ3) is 5.81. The van der Waals surface area contributed by atoms with Crippen LogP contribution in [-0.4, -0.2) is 63.4 Å². The van der Waals surface area contributed by atoms with Crippen molar-refractivity contribution in [3.63, 3.8) is 0 Å². The molecule has 1 amide bonds. The summed E-state index contributed by atoms with van der Waals surface area (Å²) in [6.45, 7) is 0.584. The van der Waals surface area contributed by atoms with Gasteiger partial charge in [0, 0.05) is 34.7 Å². The normalized spacial score (nSPS) is 19.9. The van der Waals surface area contributed by atoms with E-state index in [1.807, 2.05) is 24.3 Å². The van der Waals surface area contributed by atoms with Gasteiger partial charge >= 0.3 is 0 Å². The van der Waals surface area contributed by atoms with Gasteiger partial charge in [0.1, 0.15) is 54.0 Å². The number of halogens is 1. The Morgan fingerprint density at radius 2 is 2.07 bits per heavy atom. The van der Waals surface area contributed by atoms with Crippen molar-refractivity contribution in [1.29, 1.82) is 0 Å². The van der Waals surface area contributed by atoms with E-state index in [-0.39, 0.29) is 12.4 Å². The van der Waals surface area contributed by atoms with Crippen LogP contribution in [0.25, 0.3) is 21.6 Å². The smallest absolute Gasteiger partial charge is 0.249 e. The number of aliphatic hydroxyl groups is 1. The number of methoxy groups -OCH3 is 1. The molecule has 0 aliphatic carbocycles. The molecule has 2 aromatic heterocycles. The lowest BCUT2D eigenvalue weighted by atomic mass is 10.0. The van der Waals surface area contributed by atoms with Gasteiger partial charge in [0.05, 0.1) is 13.2 Å². The number of aromatic nitrogens is 4. The lowest BCUT2D eigenvalue weighted by molar-refractivity contribution is -0.132. The third-order valence-corrected chi connectivity index (χ3v) is 6.81. The average molecular weight is 580 g/mol. The first-order chi connectivity index (χ1) is 19.9. The van der Waals surface area contributed by atoms with Crippen LogP contribution in [0.2, 0.25) is 5.02 Å². The summed E-state index contributed by atoms with van der Waals surface area (Å²) in [5.74, 6) is 1.43. The molecule has 0 unspecified atom stereocenters. The van der Waals surface area contributed by atoms with Crippen LogP contribution in [0.3, 0.4) is 0 Å². The molecule has 0 radical (unpaired) electrons. The molecule has 2 aromatic carbocycles. The van der Waals surface area contributed by atoms with E-state index in [1.165, 1.54) is 13.4 Å². The summed E-state index contributed by atoms with van der Waals surface area (Å²) in [5.41, 5.74) is 11.3. The van der Waals surface area contributed by atoms with Gasteiger partial charge in [0.2, 0.25) is 5.91 Å². The van der Waals surface area contributed by atoms with E-state index in [4.69, 9.17) is 31.3 Å². The number of ether oxygens (including phenoxy) is 3. The molecule has 4 atom stereocenters. The fraction of sp³-hybridized carbons (Fsp3) is 0.308. The molecule has 4 N–H and O–H groups in total. The second-order valence-corrected chi connectivity index (χ2v) is 9.46. The van der Waals surface area contributed by atoms with E-state index < -0.39 is 30.3 Å². The molecule has 15 heteroatoms. The fourth-order valence-corrected chi connectivity index (χ4v) is 4.74. The Morgan fingerprint density at radius 1 is 1.24 bits per heavy atom. The molecule has 5 rings (SSSR count). The summed E-state index contributed by atoms with van der Waals surface area (Å²) in [5, 5.41) is 20.6. The predicted octanol–water partition coefficient (Wildman–Crippen LogP) is 3.43. The van der Waals surface area contributed by atoms with Crippen LogP contribution in [0.15, 0.2) is 53.9 Å². The maximum absolute atomic E-state index is 12.3. The number of fused-ring (bicyclic) bond motifs is 1. The van der Waals surface area contributed by atoms with Crippen LogP contribution in [0.5, 0.6) is 11.5 Å². The van der Waals surface area contributed by atoms with Crippen molar-refractivity contribution in [3.05, 3.63) is 81.2 Å². The molecule has 1 fully saturated rings. The Balaban J connectivity index is 1.36. The van der Waals surface area contributed by atoms with E-state index in [9.17, 15) is 9.90 Å². The van der Waals surface area contributed by atoms with Crippen molar-refractivity contribution in [1.82, 2.24) is 25.3 Å². The molecule has 1 aliphatic rings. The topological polar surface area (TPSA) is 192 Å². The van der Waals surface area contributed by atoms with Crippen LogP contribution in [-0.2, 0) is 22.7 Å². The SMILES string of the molecule is CNC(=O)[C@H]1O[C@H](c2nc3ncnc(NCc4cc(Cl)ccc4OCc4ccccc4OC)c3[nH]2)[C@H](O)[C@@H]1N=[N+]=[N-]. The van der Waals surface area contributed by atoms with Gasteiger partial charge in [-0.05, 0) is 29.8 Å². The number of azide groups is 1. The van der Waals surface area contributed by atoms with Gasteiger partial charge in [0.15, 0.2) is 11.5 Å². The zero-order chi connectivity index (χ0) is 28.9. The predicted molar refractivity (Wildman–Crippen MR) is 148 cm³/mol. The Bertz CT molecular complexity index is 1610. The molecule has 212 valence electrons. The van der Waals surface area contributed by atoms with Gasteiger partial charge < -0.3 is 34.9 Å². The number of aliphatic hydroxyl groups excluding tert-OH is 1. The van der Waals surface area contributed by atoms with Gasteiger partial charge in [-0.3, -0.25) is 4.79 Å². The maximum Gasteiger partial charge on any atom is 0.249 e. The quantitative estimate of drug-likeness (QED) is 0.124. The van der Waals surface area contributed by atoms with Gasteiger partial charge in [-0.25, -0.2) is 15.0 Å². The number of para-hydroxylation sites is 1. The summed E-state index contributed by atoms with van der Waals surface area (Å²) in [6, 6.07) is 11.8. The van der Waals surface area contributed by atoms with Crippen molar-refractivity contribution in [2.24, 2.45) is 5.11 Å².